The molecule has 6 nitrogen and oxygen atoms in total. The number of benzene rings is 1. The summed E-state index contributed by atoms with van der Waals surface area (Å²) >= 11 is 1.53. The number of fused-ring (bicyclic) bond motifs is 1. The number of para-hydroxylation sites is 1. The third-order valence-electron chi connectivity index (χ3n) is 2.99. The van der Waals surface area contributed by atoms with Crippen molar-refractivity contribution in [3.63, 3.8) is 0 Å². The summed E-state index contributed by atoms with van der Waals surface area (Å²) in [5.41, 5.74) is 0. The van der Waals surface area contributed by atoms with Crippen molar-refractivity contribution >= 4 is 23.6 Å². The van der Waals surface area contributed by atoms with Gasteiger partial charge < -0.3 is 19.5 Å². The van der Waals surface area contributed by atoms with Crippen LogP contribution in [0.15, 0.2) is 29.2 Å². The van der Waals surface area contributed by atoms with Gasteiger partial charge in [-0.15, -0.1) is 11.8 Å². The maximum atomic E-state index is 12.4. The van der Waals surface area contributed by atoms with Crippen molar-refractivity contribution in [1.82, 2.24) is 4.90 Å². The lowest BCUT2D eigenvalue weighted by molar-refractivity contribution is -0.147. The van der Waals surface area contributed by atoms with E-state index in [2.05, 4.69) is 0 Å². The van der Waals surface area contributed by atoms with E-state index in [1.165, 1.54) is 23.8 Å². The number of thioether (sulfide) groups is 1. The standard InChI is InChI=1S/C14H17NO5S/c1-19-7-6-15(8-13(16)17)14(18)11-9-21-12-5-3-2-4-10(12)20-11/h2-5,11H,6-9H2,1H3,(H,16,17)/t11-/m0/s1. The van der Waals surface area contributed by atoms with Crippen LogP contribution < -0.4 is 4.74 Å². The first-order valence-corrected chi connectivity index (χ1v) is 7.48. The average molecular weight is 311 g/mol. The number of carbonyl (C=O) groups excluding carboxylic acids is 1. The van der Waals surface area contributed by atoms with Crippen LogP contribution in [0.25, 0.3) is 0 Å². The lowest BCUT2D eigenvalue weighted by Gasteiger charge is -2.29. The Hall–Kier alpha value is -1.73. The fourth-order valence-corrected chi connectivity index (χ4v) is 2.95. The van der Waals surface area contributed by atoms with Crippen LogP contribution in [-0.2, 0) is 14.3 Å². The van der Waals surface area contributed by atoms with E-state index in [0.29, 0.717) is 11.5 Å². The van der Waals surface area contributed by atoms with E-state index in [0.717, 1.165) is 4.90 Å². The summed E-state index contributed by atoms with van der Waals surface area (Å²) in [6, 6.07) is 7.48. The maximum Gasteiger partial charge on any atom is 0.323 e. The molecule has 0 aromatic heterocycles. The molecule has 1 N–H and O–H groups in total. The van der Waals surface area contributed by atoms with Gasteiger partial charge in [0.2, 0.25) is 0 Å². The van der Waals surface area contributed by atoms with E-state index in [1.807, 2.05) is 18.2 Å². The molecule has 0 aliphatic carbocycles. The molecule has 114 valence electrons. The molecule has 1 aromatic carbocycles. The quantitative estimate of drug-likeness (QED) is 0.848. The van der Waals surface area contributed by atoms with Crippen LogP contribution in [0.4, 0.5) is 0 Å². The predicted octanol–water partition coefficient (Wildman–Crippen LogP) is 1.10. The first-order valence-electron chi connectivity index (χ1n) is 6.50. The van der Waals surface area contributed by atoms with Crippen molar-refractivity contribution in [3.8, 4) is 5.75 Å². The SMILES string of the molecule is COCCN(CC(=O)O)C(=O)[C@@H]1CSc2ccccc2O1. The fourth-order valence-electron chi connectivity index (χ4n) is 1.98. The number of aliphatic carboxylic acids is 1. The summed E-state index contributed by atoms with van der Waals surface area (Å²) in [4.78, 5) is 25.5. The van der Waals surface area contributed by atoms with Crippen molar-refractivity contribution in [2.24, 2.45) is 0 Å². The molecule has 1 heterocycles. The Bertz CT molecular complexity index is 522. The van der Waals surface area contributed by atoms with E-state index in [9.17, 15) is 9.59 Å². The third-order valence-corrected chi connectivity index (χ3v) is 4.10. The lowest BCUT2D eigenvalue weighted by atomic mass is 10.3. The average Bonchev–Trinajstić information content (AvgIpc) is 2.50. The van der Waals surface area contributed by atoms with Gasteiger partial charge in [-0.05, 0) is 12.1 Å². The monoisotopic (exact) mass is 311 g/mol. The van der Waals surface area contributed by atoms with E-state index in [1.54, 1.807) is 6.07 Å². The molecule has 2 rings (SSSR count). The molecule has 0 fully saturated rings. The number of carbonyl (C=O) groups is 2. The van der Waals surface area contributed by atoms with Crippen LogP contribution in [0.3, 0.4) is 0 Å². The minimum atomic E-state index is -1.05. The Morgan fingerprint density at radius 3 is 2.95 bits per heavy atom. The molecule has 0 saturated heterocycles. The zero-order valence-corrected chi connectivity index (χ0v) is 12.5. The Kier molecular flexibility index (Phi) is 5.46. The number of amides is 1. The van der Waals surface area contributed by atoms with Crippen LogP contribution in [0.5, 0.6) is 5.75 Å². The molecule has 1 atom stereocenters. The van der Waals surface area contributed by atoms with Crippen molar-refractivity contribution in [3.05, 3.63) is 24.3 Å². The number of carboxylic acid groups (broad SMARTS) is 1. The minimum Gasteiger partial charge on any atom is -0.480 e. The molecule has 1 aliphatic rings. The van der Waals surface area contributed by atoms with Crippen LogP contribution >= 0.6 is 11.8 Å². The molecule has 1 aliphatic heterocycles. The Labute approximate surface area is 127 Å². The van der Waals surface area contributed by atoms with Gasteiger partial charge >= 0.3 is 5.97 Å². The molecular formula is C14H17NO5S. The smallest absolute Gasteiger partial charge is 0.323 e. The second-order valence-electron chi connectivity index (χ2n) is 4.51. The zero-order chi connectivity index (χ0) is 15.2. The molecular weight excluding hydrogens is 294 g/mol. The highest BCUT2D eigenvalue weighted by Gasteiger charge is 2.31. The molecule has 0 radical (unpaired) electrons. The highest BCUT2D eigenvalue weighted by atomic mass is 32.2. The molecule has 1 aromatic rings. The first-order chi connectivity index (χ1) is 10.1. The number of hydrogen-bond donors (Lipinski definition) is 1. The van der Waals surface area contributed by atoms with E-state index < -0.39 is 12.1 Å². The van der Waals surface area contributed by atoms with Crippen LogP contribution in [0.1, 0.15) is 0 Å². The van der Waals surface area contributed by atoms with Gasteiger partial charge in [0.1, 0.15) is 12.3 Å². The van der Waals surface area contributed by atoms with Gasteiger partial charge in [-0.25, -0.2) is 0 Å². The summed E-state index contributed by atoms with van der Waals surface area (Å²) in [7, 11) is 1.51. The van der Waals surface area contributed by atoms with Gasteiger partial charge in [-0.3, -0.25) is 9.59 Å². The number of rotatable bonds is 6. The highest BCUT2D eigenvalue weighted by Crippen LogP contribution is 2.35. The summed E-state index contributed by atoms with van der Waals surface area (Å²) in [6.45, 7) is 0.164. The highest BCUT2D eigenvalue weighted by molar-refractivity contribution is 7.99. The van der Waals surface area contributed by atoms with Gasteiger partial charge in [0.05, 0.1) is 6.61 Å². The van der Waals surface area contributed by atoms with Gasteiger partial charge in [0.25, 0.3) is 5.91 Å². The molecule has 21 heavy (non-hydrogen) atoms. The predicted molar refractivity (Wildman–Crippen MR) is 77.7 cm³/mol. The Morgan fingerprint density at radius 2 is 2.24 bits per heavy atom. The molecule has 0 spiro atoms. The number of carboxylic acids is 1. The second kappa shape index (κ2) is 7.33. The van der Waals surface area contributed by atoms with Crippen LogP contribution in [-0.4, -0.2) is 60.5 Å². The first kappa shape index (κ1) is 15.7. The van der Waals surface area contributed by atoms with Gasteiger partial charge in [-0.2, -0.15) is 0 Å². The Morgan fingerprint density at radius 1 is 1.48 bits per heavy atom. The van der Waals surface area contributed by atoms with E-state index >= 15 is 0 Å². The Balaban J connectivity index is 2.05. The van der Waals surface area contributed by atoms with Gasteiger partial charge in [0, 0.05) is 24.3 Å². The largest absolute Gasteiger partial charge is 0.480 e. The number of ether oxygens (including phenoxy) is 2. The number of nitrogens with zero attached hydrogens (tertiary/aromatic N) is 1. The molecule has 0 saturated carbocycles. The van der Waals surface area contributed by atoms with Gasteiger partial charge in [-0.1, -0.05) is 12.1 Å². The molecule has 1 amide bonds. The lowest BCUT2D eigenvalue weighted by Crippen LogP contribution is -2.47. The zero-order valence-electron chi connectivity index (χ0n) is 11.7. The van der Waals surface area contributed by atoms with Crippen molar-refractivity contribution in [1.29, 1.82) is 0 Å². The topological polar surface area (TPSA) is 76.1 Å². The summed E-state index contributed by atoms with van der Waals surface area (Å²) in [6.07, 6.45) is -0.666. The molecule has 7 heteroatoms. The maximum absolute atomic E-state index is 12.4. The van der Waals surface area contributed by atoms with Crippen molar-refractivity contribution < 1.29 is 24.2 Å². The van der Waals surface area contributed by atoms with E-state index in [-0.39, 0.29) is 25.6 Å². The summed E-state index contributed by atoms with van der Waals surface area (Å²) < 4.78 is 10.6. The number of hydrogen-bond acceptors (Lipinski definition) is 5. The van der Waals surface area contributed by atoms with E-state index in [4.69, 9.17) is 14.6 Å². The second-order valence-corrected chi connectivity index (χ2v) is 5.57. The van der Waals surface area contributed by atoms with Crippen LogP contribution in [0.2, 0.25) is 0 Å². The molecule has 0 bridgehead atoms. The fraction of sp³-hybridized carbons (Fsp3) is 0.429. The summed E-state index contributed by atoms with van der Waals surface area (Å²) in [5, 5.41) is 8.91. The molecule has 0 unspecified atom stereocenters. The normalized spacial score (nSPS) is 16.7. The minimum absolute atomic E-state index is 0.230. The van der Waals surface area contributed by atoms with Crippen molar-refractivity contribution in [2.45, 2.75) is 11.0 Å². The third kappa shape index (κ3) is 4.12. The number of methoxy groups -OCH3 is 1. The van der Waals surface area contributed by atoms with Crippen molar-refractivity contribution in [2.75, 3.05) is 32.6 Å². The summed E-state index contributed by atoms with van der Waals surface area (Å²) in [5.74, 6) is -0.243. The van der Waals surface area contributed by atoms with Crippen LogP contribution in [0, 0.1) is 0 Å². The van der Waals surface area contributed by atoms with Gasteiger partial charge in [0.15, 0.2) is 6.10 Å².